The lowest BCUT2D eigenvalue weighted by Gasteiger charge is -2.18. The van der Waals surface area contributed by atoms with Gasteiger partial charge in [-0.05, 0) is 57.8 Å². The van der Waals surface area contributed by atoms with Crippen LogP contribution in [0.4, 0.5) is 0 Å². The van der Waals surface area contributed by atoms with Gasteiger partial charge in [0.1, 0.15) is 6.61 Å². The second-order valence-corrected chi connectivity index (χ2v) is 17.4. The molecule has 1 unspecified atom stereocenters. The fraction of sp³-hybridized carbons (Fsp3) is 0.818. The summed E-state index contributed by atoms with van der Waals surface area (Å²) in [4.78, 5) is 25.4. The Morgan fingerprint density at radius 2 is 0.750 bits per heavy atom. The van der Waals surface area contributed by atoms with Gasteiger partial charge in [0.15, 0.2) is 6.10 Å². The fourth-order valence-electron chi connectivity index (χ4n) is 7.50. The van der Waals surface area contributed by atoms with Crippen LogP contribution in [0.5, 0.6) is 0 Å². The third-order valence-corrected chi connectivity index (χ3v) is 11.4. The normalized spacial score (nSPS) is 12.5. The Hall–Kier alpha value is -2.14. The molecule has 0 aliphatic rings. The standard InChI is InChI=1S/C55H100O5/c1-4-7-10-13-16-19-22-25-27-28-30-31-33-36-39-42-45-48-54(56)59-52-53(51-58-50-47-44-41-38-35-24-21-18-15-12-9-6-3)60-55(57)49-46-43-40-37-34-32-29-26-23-20-17-14-11-8-5-2/h8,11,17,20,26,29,34,37,53H,4-7,9-10,12-16,18-19,21-25,27-28,30-33,35-36,38-52H2,1-3H3/b11-8-,20-17-,29-26-,37-34-. The van der Waals surface area contributed by atoms with Crippen LogP contribution in [0.3, 0.4) is 0 Å². The first-order valence-electron chi connectivity index (χ1n) is 26.2. The summed E-state index contributed by atoms with van der Waals surface area (Å²) in [6.45, 7) is 7.71. The average molecular weight is 841 g/mol. The maximum absolute atomic E-state index is 12.8. The van der Waals surface area contributed by atoms with Crippen LogP contribution in [-0.2, 0) is 23.8 Å². The molecule has 0 radical (unpaired) electrons. The Morgan fingerprint density at radius 1 is 0.383 bits per heavy atom. The van der Waals surface area contributed by atoms with Gasteiger partial charge >= 0.3 is 11.9 Å². The van der Waals surface area contributed by atoms with Crippen molar-refractivity contribution in [1.82, 2.24) is 0 Å². The zero-order chi connectivity index (χ0) is 43.5. The molecule has 0 spiro atoms. The lowest BCUT2D eigenvalue weighted by Crippen LogP contribution is -2.30. The summed E-state index contributed by atoms with van der Waals surface area (Å²) in [6.07, 6.45) is 62.6. The molecular weight excluding hydrogens is 741 g/mol. The summed E-state index contributed by atoms with van der Waals surface area (Å²) >= 11 is 0. The Bertz CT molecular complexity index is 997. The minimum atomic E-state index is -0.552. The van der Waals surface area contributed by atoms with Crippen molar-refractivity contribution in [2.75, 3.05) is 19.8 Å². The summed E-state index contributed by atoms with van der Waals surface area (Å²) < 4.78 is 17.4. The third kappa shape index (κ3) is 48.5. The van der Waals surface area contributed by atoms with Crippen LogP contribution >= 0.6 is 0 Å². The molecule has 0 aliphatic carbocycles. The predicted molar refractivity (Wildman–Crippen MR) is 261 cm³/mol. The van der Waals surface area contributed by atoms with Gasteiger partial charge in [0, 0.05) is 19.4 Å². The lowest BCUT2D eigenvalue weighted by atomic mass is 10.0. The van der Waals surface area contributed by atoms with E-state index < -0.39 is 6.10 Å². The van der Waals surface area contributed by atoms with Crippen molar-refractivity contribution in [3.8, 4) is 0 Å². The van der Waals surface area contributed by atoms with Crippen LogP contribution < -0.4 is 0 Å². The molecule has 0 amide bonds. The van der Waals surface area contributed by atoms with Crippen LogP contribution in [-0.4, -0.2) is 37.9 Å². The number of carbonyl (C=O) groups is 2. The van der Waals surface area contributed by atoms with Gasteiger partial charge in [0.25, 0.3) is 0 Å². The van der Waals surface area contributed by atoms with Gasteiger partial charge in [-0.3, -0.25) is 9.59 Å². The summed E-state index contributed by atoms with van der Waals surface area (Å²) in [7, 11) is 0. The van der Waals surface area contributed by atoms with Crippen molar-refractivity contribution in [3.63, 3.8) is 0 Å². The van der Waals surface area contributed by atoms with Gasteiger partial charge in [0.05, 0.1) is 6.61 Å². The van der Waals surface area contributed by atoms with E-state index in [1.165, 1.54) is 161 Å². The SMILES string of the molecule is CC/C=C\C/C=C\C/C=C\C/C=C\CCCCC(=O)OC(COCCCCCCCCCCCCCC)COC(=O)CCCCCCCCCCCCCCCCCCC. The van der Waals surface area contributed by atoms with E-state index in [0.717, 1.165) is 70.6 Å². The summed E-state index contributed by atoms with van der Waals surface area (Å²) in [5, 5.41) is 0. The molecule has 0 aliphatic heterocycles. The first-order valence-corrected chi connectivity index (χ1v) is 26.2. The lowest BCUT2D eigenvalue weighted by molar-refractivity contribution is -0.163. The van der Waals surface area contributed by atoms with E-state index in [2.05, 4.69) is 69.4 Å². The summed E-state index contributed by atoms with van der Waals surface area (Å²) in [6, 6.07) is 0. The van der Waals surface area contributed by atoms with Gasteiger partial charge < -0.3 is 14.2 Å². The van der Waals surface area contributed by atoms with E-state index in [0.29, 0.717) is 19.4 Å². The molecule has 0 heterocycles. The van der Waals surface area contributed by atoms with Crippen molar-refractivity contribution >= 4 is 11.9 Å². The zero-order valence-corrected chi connectivity index (χ0v) is 40.2. The number of allylic oxidation sites excluding steroid dienone is 8. The zero-order valence-electron chi connectivity index (χ0n) is 40.2. The van der Waals surface area contributed by atoms with Crippen LogP contribution in [0.25, 0.3) is 0 Å². The average Bonchev–Trinajstić information content (AvgIpc) is 3.25. The van der Waals surface area contributed by atoms with Crippen molar-refractivity contribution in [2.45, 2.75) is 271 Å². The third-order valence-electron chi connectivity index (χ3n) is 11.4. The number of hydrogen-bond acceptors (Lipinski definition) is 5. The molecule has 0 rings (SSSR count). The molecule has 1 atom stereocenters. The van der Waals surface area contributed by atoms with Crippen molar-refractivity contribution in [3.05, 3.63) is 48.6 Å². The summed E-state index contributed by atoms with van der Waals surface area (Å²) in [5.41, 5.74) is 0. The first-order chi connectivity index (χ1) is 29.6. The van der Waals surface area contributed by atoms with Gasteiger partial charge in [-0.15, -0.1) is 0 Å². The van der Waals surface area contributed by atoms with E-state index in [-0.39, 0.29) is 25.2 Å². The quantitative estimate of drug-likeness (QED) is 0.0347. The minimum absolute atomic E-state index is 0.0733. The topological polar surface area (TPSA) is 61.8 Å². The molecule has 0 saturated carbocycles. The van der Waals surface area contributed by atoms with E-state index in [1.54, 1.807) is 0 Å². The van der Waals surface area contributed by atoms with Gasteiger partial charge in [-0.25, -0.2) is 0 Å². The van der Waals surface area contributed by atoms with Crippen molar-refractivity contribution in [2.24, 2.45) is 0 Å². The van der Waals surface area contributed by atoms with E-state index in [4.69, 9.17) is 14.2 Å². The Labute approximate surface area is 373 Å². The number of esters is 2. The molecule has 0 aromatic heterocycles. The molecule has 0 aromatic carbocycles. The maximum Gasteiger partial charge on any atom is 0.306 e. The number of rotatable bonds is 48. The van der Waals surface area contributed by atoms with Crippen molar-refractivity contribution in [1.29, 1.82) is 0 Å². The molecule has 0 saturated heterocycles. The Kier molecular flexibility index (Phi) is 49.4. The van der Waals surface area contributed by atoms with Crippen LogP contribution in [0.15, 0.2) is 48.6 Å². The van der Waals surface area contributed by atoms with Gasteiger partial charge in [-0.1, -0.05) is 243 Å². The van der Waals surface area contributed by atoms with E-state index >= 15 is 0 Å². The van der Waals surface area contributed by atoms with Crippen LogP contribution in [0.1, 0.15) is 265 Å². The highest BCUT2D eigenvalue weighted by atomic mass is 16.6. The first kappa shape index (κ1) is 57.9. The minimum Gasteiger partial charge on any atom is -0.462 e. The highest BCUT2D eigenvalue weighted by Gasteiger charge is 2.17. The Balaban J connectivity index is 4.27. The number of carbonyl (C=O) groups excluding carboxylic acids is 2. The fourth-order valence-corrected chi connectivity index (χ4v) is 7.50. The molecular formula is C55H100O5. The largest absolute Gasteiger partial charge is 0.462 e. The number of hydrogen-bond donors (Lipinski definition) is 0. The predicted octanol–water partition coefficient (Wildman–Crippen LogP) is 17.6. The highest BCUT2D eigenvalue weighted by Crippen LogP contribution is 2.16. The van der Waals surface area contributed by atoms with Crippen molar-refractivity contribution < 1.29 is 23.8 Å². The van der Waals surface area contributed by atoms with Crippen LogP contribution in [0.2, 0.25) is 0 Å². The molecule has 0 fully saturated rings. The number of unbranched alkanes of at least 4 members (excludes halogenated alkanes) is 29. The second-order valence-electron chi connectivity index (χ2n) is 17.4. The molecule has 5 heteroatoms. The molecule has 350 valence electrons. The summed E-state index contributed by atoms with van der Waals surface area (Å²) in [5.74, 6) is -0.431. The van der Waals surface area contributed by atoms with Gasteiger partial charge in [0.2, 0.25) is 0 Å². The molecule has 60 heavy (non-hydrogen) atoms. The monoisotopic (exact) mass is 841 g/mol. The Morgan fingerprint density at radius 3 is 1.20 bits per heavy atom. The van der Waals surface area contributed by atoms with Gasteiger partial charge in [-0.2, -0.15) is 0 Å². The molecule has 5 nitrogen and oxygen atoms in total. The molecule has 0 aromatic rings. The smallest absolute Gasteiger partial charge is 0.306 e. The van der Waals surface area contributed by atoms with E-state index in [1.807, 2.05) is 0 Å². The van der Waals surface area contributed by atoms with Crippen LogP contribution in [0, 0.1) is 0 Å². The number of ether oxygens (including phenoxy) is 3. The van der Waals surface area contributed by atoms with E-state index in [9.17, 15) is 9.59 Å². The molecule has 0 bridgehead atoms. The maximum atomic E-state index is 12.8. The molecule has 0 N–H and O–H groups in total. The second kappa shape index (κ2) is 51.2. The highest BCUT2D eigenvalue weighted by molar-refractivity contribution is 5.70.